The number of amides is 1. The zero-order chi connectivity index (χ0) is 13.5. The summed E-state index contributed by atoms with van der Waals surface area (Å²) in [7, 11) is 1.69. The Labute approximate surface area is 114 Å². The SMILES string of the molecule is COCCCCNC(=O)c1cccc2c1NCCC2. The van der Waals surface area contributed by atoms with E-state index >= 15 is 0 Å². The fraction of sp³-hybridized carbons (Fsp3) is 0.533. The van der Waals surface area contributed by atoms with Crippen LogP contribution in [0.15, 0.2) is 18.2 Å². The number of nitrogens with one attached hydrogen (secondary N) is 2. The van der Waals surface area contributed by atoms with Crippen LogP contribution >= 0.6 is 0 Å². The molecule has 0 aromatic heterocycles. The number of para-hydroxylation sites is 1. The number of unbranched alkanes of at least 4 members (excludes halogenated alkanes) is 1. The molecular weight excluding hydrogens is 240 g/mol. The highest BCUT2D eigenvalue weighted by Gasteiger charge is 2.16. The van der Waals surface area contributed by atoms with Crippen molar-refractivity contribution in [3.05, 3.63) is 29.3 Å². The van der Waals surface area contributed by atoms with Crippen LogP contribution in [0.4, 0.5) is 5.69 Å². The Morgan fingerprint density at radius 3 is 3.16 bits per heavy atom. The lowest BCUT2D eigenvalue weighted by molar-refractivity contribution is 0.0952. The van der Waals surface area contributed by atoms with E-state index in [9.17, 15) is 4.79 Å². The number of carbonyl (C=O) groups excluding carboxylic acids is 1. The second-order valence-electron chi connectivity index (χ2n) is 4.83. The van der Waals surface area contributed by atoms with E-state index in [0.717, 1.165) is 50.1 Å². The van der Waals surface area contributed by atoms with Crippen LogP contribution in [-0.2, 0) is 11.2 Å². The van der Waals surface area contributed by atoms with Crippen LogP contribution in [0.1, 0.15) is 35.2 Å². The monoisotopic (exact) mass is 262 g/mol. The average molecular weight is 262 g/mol. The third-order valence-corrected chi connectivity index (χ3v) is 3.38. The van der Waals surface area contributed by atoms with Crippen LogP contribution in [-0.4, -0.2) is 32.7 Å². The quantitative estimate of drug-likeness (QED) is 0.773. The van der Waals surface area contributed by atoms with Gasteiger partial charge in [-0.2, -0.15) is 0 Å². The molecule has 0 aliphatic carbocycles. The molecule has 4 nitrogen and oxygen atoms in total. The zero-order valence-corrected chi connectivity index (χ0v) is 11.5. The normalized spacial score (nSPS) is 13.5. The number of ether oxygens (including phenoxy) is 1. The fourth-order valence-electron chi connectivity index (χ4n) is 2.37. The van der Waals surface area contributed by atoms with E-state index in [2.05, 4.69) is 16.7 Å². The van der Waals surface area contributed by atoms with Crippen molar-refractivity contribution in [2.75, 3.05) is 32.1 Å². The third-order valence-electron chi connectivity index (χ3n) is 3.38. The number of hydrogen-bond donors (Lipinski definition) is 2. The van der Waals surface area contributed by atoms with Gasteiger partial charge in [0.25, 0.3) is 5.91 Å². The Kier molecular flexibility index (Phi) is 5.21. The molecule has 0 spiro atoms. The van der Waals surface area contributed by atoms with Gasteiger partial charge in [-0.25, -0.2) is 0 Å². The largest absolute Gasteiger partial charge is 0.385 e. The summed E-state index contributed by atoms with van der Waals surface area (Å²) in [5.41, 5.74) is 3.03. The number of benzene rings is 1. The lowest BCUT2D eigenvalue weighted by Crippen LogP contribution is -2.27. The van der Waals surface area contributed by atoms with Gasteiger partial charge in [0, 0.05) is 26.8 Å². The van der Waals surface area contributed by atoms with Crippen molar-refractivity contribution in [3.63, 3.8) is 0 Å². The Morgan fingerprint density at radius 1 is 1.42 bits per heavy atom. The van der Waals surface area contributed by atoms with Gasteiger partial charge < -0.3 is 15.4 Å². The smallest absolute Gasteiger partial charge is 0.253 e. The van der Waals surface area contributed by atoms with Crippen LogP contribution in [0.25, 0.3) is 0 Å². The van der Waals surface area contributed by atoms with Gasteiger partial charge >= 0.3 is 0 Å². The number of anilines is 1. The van der Waals surface area contributed by atoms with E-state index in [1.807, 2.05) is 12.1 Å². The van der Waals surface area contributed by atoms with E-state index in [0.29, 0.717) is 6.54 Å². The molecule has 2 N–H and O–H groups in total. The number of methoxy groups -OCH3 is 1. The summed E-state index contributed by atoms with van der Waals surface area (Å²) in [4.78, 5) is 12.2. The van der Waals surface area contributed by atoms with Crippen molar-refractivity contribution in [2.24, 2.45) is 0 Å². The second-order valence-corrected chi connectivity index (χ2v) is 4.83. The lowest BCUT2D eigenvalue weighted by atomic mass is 9.99. The molecular formula is C15H22N2O2. The molecule has 1 aliphatic rings. The minimum atomic E-state index is 0.0173. The first kappa shape index (κ1) is 13.9. The number of rotatable bonds is 6. The molecule has 0 saturated heterocycles. The molecule has 1 heterocycles. The van der Waals surface area contributed by atoms with Gasteiger partial charge in [-0.3, -0.25) is 4.79 Å². The molecule has 0 bridgehead atoms. The van der Waals surface area contributed by atoms with Crippen LogP contribution in [0.3, 0.4) is 0 Å². The highest BCUT2D eigenvalue weighted by Crippen LogP contribution is 2.25. The predicted molar refractivity (Wildman–Crippen MR) is 76.7 cm³/mol. The molecule has 1 amide bonds. The topological polar surface area (TPSA) is 50.4 Å². The molecule has 2 rings (SSSR count). The highest BCUT2D eigenvalue weighted by atomic mass is 16.5. The Bertz CT molecular complexity index is 432. The van der Waals surface area contributed by atoms with Gasteiger partial charge in [0.1, 0.15) is 0 Å². The fourth-order valence-corrected chi connectivity index (χ4v) is 2.37. The van der Waals surface area contributed by atoms with Crippen LogP contribution < -0.4 is 10.6 Å². The van der Waals surface area contributed by atoms with E-state index < -0.39 is 0 Å². The highest BCUT2D eigenvalue weighted by molar-refractivity contribution is 6.00. The summed E-state index contributed by atoms with van der Waals surface area (Å²) in [6.07, 6.45) is 4.11. The first-order valence-electron chi connectivity index (χ1n) is 6.96. The minimum absolute atomic E-state index is 0.0173. The van der Waals surface area contributed by atoms with E-state index in [-0.39, 0.29) is 5.91 Å². The van der Waals surface area contributed by atoms with Gasteiger partial charge in [-0.05, 0) is 37.3 Å². The number of hydrogen-bond acceptors (Lipinski definition) is 3. The Morgan fingerprint density at radius 2 is 2.32 bits per heavy atom. The molecule has 104 valence electrons. The second kappa shape index (κ2) is 7.14. The summed E-state index contributed by atoms with van der Waals surface area (Å²) < 4.78 is 4.99. The number of aryl methyl sites for hydroxylation is 1. The first-order chi connectivity index (χ1) is 9.33. The van der Waals surface area contributed by atoms with Crippen molar-refractivity contribution in [1.29, 1.82) is 0 Å². The van der Waals surface area contributed by atoms with E-state index in [1.165, 1.54) is 5.56 Å². The summed E-state index contributed by atoms with van der Waals surface area (Å²) >= 11 is 0. The summed E-state index contributed by atoms with van der Waals surface area (Å²) in [5.74, 6) is 0.0173. The minimum Gasteiger partial charge on any atom is -0.385 e. The van der Waals surface area contributed by atoms with Crippen molar-refractivity contribution in [3.8, 4) is 0 Å². The molecule has 1 aliphatic heterocycles. The molecule has 4 heteroatoms. The van der Waals surface area contributed by atoms with Crippen molar-refractivity contribution in [1.82, 2.24) is 5.32 Å². The lowest BCUT2D eigenvalue weighted by Gasteiger charge is -2.20. The molecule has 19 heavy (non-hydrogen) atoms. The Balaban J connectivity index is 1.92. The van der Waals surface area contributed by atoms with Gasteiger partial charge in [-0.1, -0.05) is 12.1 Å². The molecule has 0 saturated carbocycles. The summed E-state index contributed by atoms with van der Waals surface area (Å²) in [5, 5.41) is 6.32. The standard InChI is InChI=1S/C15H22N2O2/c1-19-11-3-2-9-17-15(18)13-8-4-6-12-7-5-10-16-14(12)13/h4,6,8,16H,2-3,5,7,9-11H2,1H3,(H,17,18). The van der Waals surface area contributed by atoms with Crippen LogP contribution in [0.2, 0.25) is 0 Å². The first-order valence-corrected chi connectivity index (χ1v) is 6.96. The molecule has 0 radical (unpaired) electrons. The maximum absolute atomic E-state index is 12.2. The van der Waals surface area contributed by atoms with Gasteiger partial charge in [0.2, 0.25) is 0 Å². The van der Waals surface area contributed by atoms with Gasteiger partial charge in [0.15, 0.2) is 0 Å². The molecule has 0 unspecified atom stereocenters. The molecule has 1 aromatic carbocycles. The number of fused-ring (bicyclic) bond motifs is 1. The predicted octanol–water partition coefficient (Wildman–Crippen LogP) is 2.20. The maximum atomic E-state index is 12.2. The van der Waals surface area contributed by atoms with Crippen molar-refractivity contribution in [2.45, 2.75) is 25.7 Å². The molecule has 0 fully saturated rings. The van der Waals surface area contributed by atoms with Crippen LogP contribution in [0.5, 0.6) is 0 Å². The van der Waals surface area contributed by atoms with Crippen LogP contribution in [0, 0.1) is 0 Å². The summed E-state index contributed by atoms with van der Waals surface area (Å²) in [6, 6.07) is 5.95. The van der Waals surface area contributed by atoms with Crippen molar-refractivity contribution < 1.29 is 9.53 Å². The molecule has 1 aromatic rings. The summed E-state index contributed by atoms with van der Waals surface area (Å²) in [6.45, 7) is 2.40. The maximum Gasteiger partial charge on any atom is 0.253 e. The van der Waals surface area contributed by atoms with Gasteiger partial charge in [-0.15, -0.1) is 0 Å². The van der Waals surface area contributed by atoms with E-state index in [1.54, 1.807) is 7.11 Å². The third kappa shape index (κ3) is 3.70. The van der Waals surface area contributed by atoms with Gasteiger partial charge in [0.05, 0.1) is 11.3 Å². The number of carbonyl (C=O) groups is 1. The van der Waals surface area contributed by atoms with E-state index in [4.69, 9.17) is 4.74 Å². The molecule has 0 atom stereocenters. The average Bonchev–Trinajstić information content (AvgIpc) is 2.46. The van der Waals surface area contributed by atoms with Crippen molar-refractivity contribution >= 4 is 11.6 Å². The Hall–Kier alpha value is -1.55. The zero-order valence-electron chi connectivity index (χ0n) is 11.5.